The summed E-state index contributed by atoms with van der Waals surface area (Å²) in [4.78, 5) is 98.9. The van der Waals surface area contributed by atoms with Crippen molar-refractivity contribution in [1.29, 1.82) is 0 Å². The average molecular weight is 678 g/mol. The monoisotopic (exact) mass is 677 g/mol. The van der Waals surface area contributed by atoms with E-state index in [9.17, 15) is 38.4 Å². The van der Waals surface area contributed by atoms with E-state index in [1.54, 1.807) is 31.2 Å². The number of esters is 1. The van der Waals surface area contributed by atoms with Gasteiger partial charge in [0.1, 0.15) is 48.9 Å². The highest BCUT2D eigenvalue weighted by molar-refractivity contribution is 5.96. The number of hydrogen-bond acceptors (Lipinski definition) is 10. The van der Waals surface area contributed by atoms with Crippen molar-refractivity contribution < 1.29 is 47.8 Å². The van der Waals surface area contributed by atoms with E-state index in [1.807, 2.05) is 6.07 Å². The van der Waals surface area contributed by atoms with Gasteiger partial charge in [-0.2, -0.15) is 0 Å². The normalized spacial score (nSPS) is 14.9. The molecule has 1 aromatic rings. The van der Waals surface area contributed by atoms with Crippen LogP contribution in [0.4, 0.5) is 4.79 Å². The second-order valence-corrected chi connectivity index (χ2v) is 11.1. The van der Waals surface area contributed by atoms with Crippen molar-refractivity contribution in [3.8, 4) is 0 Å². The summed E-state index contributed by atoms with van der Waals surface area (Å²) in [6.07, 6.45) is -0.823. The second-order valence-electron chi connectivity index (χ2n) is 11.1. The van der Waals surface area contributed by atoms with Crippen LogP contribution in [0.5, 0.6) is 0 Å². The summed E-state index contributed by atoms with van der Waals surface area (Å²) in [5.41, 5.74) is 0.762. The van der Waals surface area contributed by atoms with Crippen molar-refractivity contribution in [3.63, 3.8) is 0 Å². The van der Waals surface area contributed by atoms with Crippen molar-refractivity contribution in [3.05, 3.63) is 35.9 Å². The van der Waals surface area contributed by atoms with Gasteiger partial charge >= 0.3 is 12.1 Å². The van der Waals surface area contributed by atoms with E-state index in [1.165, 1.54) is 48.5 Å². The molecule has 48 heavy (non-hydrogen) atoms. The van der Waals surface area contributed by atoms with Gasteiger partial charge in [-0.3, -0.25) is 28.8 Å². The maximum Gasteiger partial charge on any atom is 0.408 e. The Bertz CT molecular complexity index is 1310. The van der Waals surface area contributed by atoms with Crippen molar-refractivity contribution in [2.75, 3.05) is 6.61 Å². The smallest absolute Gasteiger partial charge is 0.408 e. The standard InChI is InChI=1S/C31H47N7O10/c1-9-47-30(45)22(8)37-28(43)20(6)35-26(41)18(4)33-24(39)16(2)32-25(40)17(3)34-27(42)19(5)36-29(44)21(7)38-31(46)48-15-23-13-11-10-12-14-23/h10-14,16-22H,9,15H2,1-8H3,(H,32,40)(H,33,39)(H,34,42)(H,35,41)(H,36,44)(H,37,43)(H,38,46)/t16-,17-,18-,19-,20+,21-,22-/m1/s1. The Morgan fingerprint density at radius 3 is 1.12 bits per heavy atom. The fraction of sp³-hybridized carbons (Fsp3) is 0.548. The molecular weight excluding hydrogens is 630 g/mol. The number of amides is 7. The summed E-state index contributed by atoms with van der Waals surface area (Å²) in [6, 6.07) is 1.51. The summed E-state index contributed by atoms with van der Waals surface area (Å²) >= 11 is 0. The lowest BCUT2D eigenvalue weighted by molar-refractivity contribution is -0.147. The molecule has 7 N–H and O–H groups in total. The third kappa shape index (κ3) is 14.5. The fourth-order valence-electron chi connectivity index (χ4n) is 3.69. The predicted molar refractivity (Wildman–Crippen MR) is 171 cm³/mol. The van der Waals surface area contributed by atoms with Crippen LogP contribution in [0.1, 0.15) is 61.0 Å². The Morgan fingerprint density at radius 2 is 0.792 bits per heavy atom. The molecule has 0 aliphatic heterocycles. The van der Waals surface area contributed by atoms with Gasteiger partial charge in [0.15, 0.2) is 0 Å². The van der Waals surface area contributed by atoms with Crippen LogP contribution in [0.3, 0.4) is 0 Å². The predicted octanol–water partition coefficient (Wildman–Crippen LogP) is -1.11. The Balaban J connectivity index is 2.49. The Labute approximate surface area is 279 Å². The number of benzene rings is 1. The number of carbonyl (C=O) groups is 8. The maximum absolute atomic E-state index is 12.6. The molecule has 0 unspecified atom stereocenters. The molecule has 1 aromatic carbocycles. The number of ether oxygens (including phenoxy) is 2. The van der Waals surface area contributed by atoms with Gasteiger partial charge < -0.3 is 46.7 Å². The van der Waals surface area contributed by atoms with E-state index in [2.05, 4.69) is 37.2 Å². The summed E-state index contributed by atoms with van der Waals surface area (Å²) in [5, 5.41) is 16.9. The van der Waals surface area contributed by atoms with Crippen LogP contribution in [-0.4, -0.2) is 96.4 Å². The summed E-state index contributed by atoms with van der Waals surface area (Å²) < 4.78 is 9.90. The zero-order valence-electron chi connectivity index (χ0n) is 28.4. The zero-order valence-corrected chi connectivity index (χ0v) is 28.4. The van der Waals surface area contributed by atoms with Crippen LogP contribution in [0.15, 0.2) is 30.3 Å². The van der Waals surface area contributed by atoms with Crippen LogP contribution in [-0.2, 0) is 49.6 Å². The van der Waals surface area contributed by atoms with E-state index in [0.717, 1.165) is 5.56 Å². The van der Waals surface area contributed by atoms with Crippen molar-refractivity contribution in [2.45, 2.75) is 104 Å². The Kier molecular flexibility index (Phi) is 17.1. The number of alkyl carbamates (subject to hydrolysis) is 1. The molecule has 0 saturated heterocycles. The summed E-state index contributed by atoms with van der Waals surface area (Å²) in [5.74, 6) is -4.79. The molecule has 0 aliphatic rings. The fourth-order valence-corrected chi connectivity index (χ4v) is 3.69. The van der Waals surface area contributed by atoms with E-state index in [4.69, 9.17) is 9.47 Å². The third-order valence-corrected chi connectivity index (χ3v) is 6.70. The van der Waals surface area contributed by atoms with Gasteiger partial charge in [-0.25, -0.2) is 9.59 Å². The van der Waals surface area contributed by atoms with Crippen LogP contribution in [0.2, 0.25) is 0 Å². The molecule has 1 rings (SSSR count). The first kappa shape index (κ1) is 40.8. The number of nitrogens with one attached hydrogen (secondary N) is 7. The lowest BCUT2D eigenvalue weighted by Gasteiger charge is -2.23. The molecular formula is C31H47N7O10. The lowest BCUT2D eigenvalue weighted by Crippen LogP contribution is -2.57. The van der Waals surface area contributed by atoms with Gasteiger partial charge in [0, 0.05) is 0 Å². The van der Waals surface area contributed by atoms with Crippen LogP contribution >= 0.6 is 0 Å². The highest BCUT2D eigenvalue weighted by Gasteiger charge is 2.28. The molecule has 0 fully saturated rings. The first-order valence-electron chi connectivity index (χ1n) is 15.4. The summed E-state index contributed by atoms with van der Waals surface area (Å²) in [6.45, 7) is 11.5. The van der Waals surface area contributed by atoms with Gasteiger partial charge in [-0.15, -0.1) is 0 Å². The van der Waals surface area contributed by atoms with Crippen molar-refractivity contribution in [2.24, 2.45) is 0 Å². The molecule has 7 atom stereocenters. The molecule has 17 nitrogen and oxygen atoms in total. The highest BCUT2D eigenvalue weighted by atomic mass is 16.5. The first-order valence-corrected chi connectivity index (χ1v) is 15.4. The molecule has 0 radical (unpaired) electrons. The minimum absolute atomic E-state index is 0.00807. The van der Waals surface area contributed by atoms with E-state index in [-0.39, 0.29) is 13.2 Å². The molecule has 0 saturated carbocycles. The number of rotatable bonds is 17. The lowest BCUT2D eigenvalue weighted by atomic mass is 10.2. The molecule has 0 spiro atoms. The number of hydrogen-bond donors (Lipinski definition) is 7. The minimum atomic E-state index is -1.12. The van der Waals surface area contributed by atoms with Gasteiger partial charge in [0.2, 0.25) is 35.4 Å². The molecule has 7 amide bonds. The molecule has 0 bridgehead atoms. The Hall–Kier alpha value is -5.22. The second kappa shape index (κ2) is 20.1. The molecule has 0 aromatic heterocycles. The molecule has 0 aliphatic carbocycles. The molecule has 17 heteroatoms. The number of carbonyl (C=O) groups excluding carboxylic acids is 8. The van der Waals surface area contributed by atoms with Crippen molar-refractivity contribution in [1.82, 2.24) is 37.2 Å². The largest absolute Gasteiger partial charge is 0.464 e. The quantitative estimate of drug-likeness (QED) is 0.0982. The topological polar surface area (TPSA) is 239 Å². The zero-order chi connectivity index (χ0) is 36.6. The van der Waals surface area contributed by atoms with E-state index < -0.39 is 89.8 Å². The SMILES string of the molecule is CCOC(=O)[C@@H](C)NC(=O)[C@H](C)NC(=O)[C@@H](C)NC(=O)[C@@H](C)NC(=O)[C@@H](C)NC(=O)[C@@H](C)NC(=O)[C@@H](C)NC(=O)OCc1ccccc1. The Morgan fingerprint density at radius 1 is 0.479 bits per heavy atom. The highest BCUT2D eigenvalue weighted by Crippen LogP contribution is 2.01. The molecule has 266 valence electrons. The maximum atomic E-state index is 12.6. The van der Waals surface area contributed by atoms with Crippen LogP contribution < -0.4 is 37.2 Å². The van der Waals surface area contributed by atoms with Crippen molar-refractivity contribution >= 4 is 47.5 Å². The van der Waals surface area contributed by atoms with E-state index >= 15 is 0 Å². The molecule has 0 heterocycles. The van der Waals surface area contributed by atoms with Gasteiger partial charge in [0.25, 0.3) is 0 Å². The minimum Gasteiger partial charge on any atom is -0.464 e. The van der Waals surface area contributed by atoms with E-state index in [0.29, 0.717) is 0 Å². The van der Waals surface area contributed by atoms with Crippen LogP contribution in [0, 0.1) is 0 Å². The third-order valence-electron chi connectivity index (χ3n) is 6.70. The van der Waals surface area contributed by atoms with Crippen LogP contribution in [0.25, 0.3) is 0 Å². The average Bonchev–Trinajstić information content (AvgIpc) is 3.03. The van der Waals surface area contributed by atoms with Gasteiger partial charge in [-0.05, 0) is 61.0 Å². The summed E-state index contributed by atoms with van der Waals surface area (Å²) in [7, 11) is 0. The van der Waals surface area contributed by atoms with Gasteiger partial charge in [0.05, 0.1) is 6.61 Å². The first-order chi connectivity index (χ1) is 22.5. The van der Waals surface area contributed by atoms with Gasteiger partial charge in [-0.1, -0.05) is 30.3 Å².